The van der Waals surface area contributed by atoms with Crippen molar-refractivity contribution in [2.75, 3.05) is 19.4 Å². The molecule has 2 aromatic heterocycles. The zero-order valence-electron chi connectivity index (χ0n) is 22.5. The van der Waals surface area contributed by atoms with E-state index in [4.69, 9.17) is 10.5 Å². The van der Waals surface area contributed by atoms with E-state index in [9.17, 15) is 14.0 Å². The van der Waals surface area contributed by atoms with Crippen LogP contribution in [0, 0.1) is 5.82 Å². The Morgan fingerprint density at radius 2 is 1.68 bits per heavy atom. The number of nitrogens with zero attached hydrogens (tertiary/aromatic N) is 3. The van der Waals surface area contributed by atoms with E-state index in [0.29, 0.717) is 35.7 Å². The second kappa shape index (κ2) is 11.6. The lowest BCUT2D eigenvalue weighted by Crippen LogP contribution is -2.29. The van der Waals surface area contributed by atoms with E-state index in [1.54, 1.807) is 34.1 Å². The van der Waals surface area contributed by atoms with E-state index >= 15 is 0 Å². The third-order valence-corrected chi connectivity index (χ3v) is 6.83. The standard InChI is InChI=1S/C32H31FN4O3/c1-3-40-32(39)27-20-36(19-24-11-7-8-12-28(24)33)30-17-26(23-13-15-25(34)16-14-23)29(37(30)31(27)38)21-35(2)18-22-9-5-4-6-10-22/h4-17,20H,3,18-19,21,34H2,1-2H3. The highest BCUT2D eigenvalue weighted by Gasteiger charge is 2.23. The average molecular weight is 539 g/mol. The van der Waals surface area contributed by atoms with Crippen molar-refractivity contribution in [1.82, 2.24) is 13.9 Å². The predicted octanol–water partition coefficient (Wildman–Crippen LogP) is 5.35. The number of carbonyl (C=O) groups is 1. The van der Waals surface area contributed by atoms with E-state index in [2.05, 4.69) is 4.90 Å². The highest BCUT2D eigenvalue weighted by molar-refractivity contribution is 5.89. The number of esters is 1. The lowest BCUT2D eigenvalue weighted by Gasteiger charge is -2.19. The molecule has 0 fully saturated rings. The third-order valence-electron chi connectivity index (χ3n) is 6.83. The van der Waals surface area contributed by atoms with Crippen molar-refractivity contribution < 1.29 is 13.9 Å². The normalized spacial score (nSPS) is 11.3. The topological polar surface area (TPSA) is 82.0 Å². The highest BCUT2D eigenvalue weighted by atomic mass is 19.1. The molecule has 0 saturated heterocycles. The molecule has 5 aromatic rings. The lowest BCUT2D eigenvalue weighted by molar-refractivity contribution is 0.0523. The van der Waals surface area contributed by atoms with Crippen LogP contribution < -0.4 is 11.3 Å². The number of benzene rings is 3. The van der Waals surface area contributed by atoms with Crippen LogP contribution in [0.25, 0.3) is 16.8 Å². The van der Waals surface area contributed by atoms with Gasteiger partial charge in [0, 0.05) is 41.8 Å². The van der Waals surface area contributed by atoms with Crippen molar-refractivity contribution in [2.45, 2.75) is 26.6 Å². The SMILES string of the molecule is CCOC(=O)c1cn(Cc2ccccc2F)c2cc(-c3ccc(N)cc3)c(CN(C)Cc3ccccc3)n2c1=O. The van der Waals surface area contributed by atoms with Crippen LogP contribution in [0.5, 0.6) is 0 Å². The van der Waals surface area contributed by atoms with Crippen LogP contribution >= 0.6 is 0 Å². The molecule has 0 bridgehead atoms. The van der Waals surface area contributed by atoms with Crippen molar-refractivity contribution in [2.24, 2.45) is 0 Å². The number of nitrogen functional groups attached to an aromatic ring is 1. The Labute approximate surface area is 231 Å². The first-order chi connectivity index (χ1) is 19.4. The number of fused-ring (bicyclic) bond motifs is 1. The van der Waals surface area contributed by atoms with Gasteiger partial charge < -0.3 is 15.0 Å². The minimum Gasteiger partial charge on any atom is -0.462 e. The summed E-state index contributed by atoms with van der Waals surface area (Å²) in [6.07, 6.45) is 1.46. The number of anilines is 1. The monoisotopic (exact) mass is 538 g/mol. The Morgan fingerprint density at radius 3 is 2.38 bits per heavy atom. The smallest absolute Gasteiger partial charge is 0.345 e. The fourth-order valence-electron chi connectivity index (χ4n) is 4.93. The fourth-order valence-corrected chi connectivity index (χ4v) is 4.93. The second-order valence-corrected chi connectivity index (χ2v) is 9.77. The van der Waals surface area contributed by atoms with Crippen molar-refractivity contribution in [3.05, 3.63) is 130 Å². The van der Waals surface area contributed by atoms with Crippen LogP contribution in [0.4, 0.5) is 10.1 Å². The molecule has 0 radical (unpaired) electrons. The van der Waals surface area contributed by atoms with Gasteiger partial charge in [0.15, 0.2) is 0 Å². The Kier molecular flexibility index (Phi) is 7.79. The summed E-state index contributed by atoms with van der Waals surface area (Å²) in [4.78, 5) is 28.9. The number of hydrogen-bond donors (Lipinski definition) is 1. The first-order valence-electron chi connectivity index (χ1n) is 13.1. The van der Waals surface area contributed by atoms with E-state index in [1.807, 2.05) is 67.7 Å². The van der Waals surface area contributed by atoms with Gasteiger partial charge in [-0.15, -0.1) is 0 Å². The molecule has 5 rings (SSSR count). The summed E-state index contributed by atoms with van der Waals surface area (Å²) in [6.45, 7) is 2.99. The minimum atomic E-state index is -0.719. The number of aromatic nitrogens is 2. The summed E-state index contributed by atoms with van der Waals surface area (Å²) in [5.74, 6) is -1.09. The van der Waals surface area contributed by atoms with Crippen LogP contribution in [0.15, 0.2) is 95.9 Å². The highest BCUT2D eigenvalue weighted by Crippen LogP contribution is 2.30. The number of hydrogen-bond acceptors (Lipinski definition) is 5. The fraction of sp³-hybridized carbons (Fsp3) is 0.188. The molecular weight excluding hydrogens is 507 g/mol. The molecule has 0 saturated carbocycles. The van der Waals surface area contributed by atoms with Gasteiger partial charge in [-0.3, -0.25) is 14.1 Å². The van der Waals surface area contributed by atoms with Crippen LogP contribution in [-0.2, 0) is 24.4 Å². The quantitative estimate of drug-likeness (QED) is 0.202. The van der Waals surface area contributed by atoms with Gasteiger partial charge in [0.1, 0.15) is 17.0 Å². The van der Waals surface area contributed by atoms with E-state index in [-0.39, 0.29) is 24.5 Å². The van der Waals surface area contributed by atoms with Crippen molar-refractivity contribution in [1.29, 1.82) is 0 Å². The summed E-state index contributed by atoms with van der Waals surface area (Å²) in [5.41, 5.74) is 10.5. The number of rotatable bonds is 9. The molecular formula is C32H31FN4O3. The van der Waals surface area contributed by atoms with Gasteiger partial charge in [-0.1, -0.05) is 60.7 Å². The second-order valence-electron chi connectivity index (χ2n) is 9.77. The molecule has 7 nitrogen and oxygen atoms in total. The Morgan fingerprint density at radius 1 is 0.975 bits per heavy atom. The molecule has 0 aliphatic heterocycles. The molecule has 0 amide bonds. The van der Waals surface area contributed by atoms with Crippen molar-refractivity contribution in [3.63, 3.8) is 0 Å². The third kappa shape index (κ3) is 5.53. The summed E-state index contributed by atoms with van der Waals surface area (Å²) in [6, 6.07) is 25.9. The maximum absolute atomic E-state index is 14.7. The van der Waals surface area contributed by atoms with Gasteiger partial charge in [-0.05, 0) is 49.4 Å². The molecule has 0 spiro atoms. The van der Waals surface area contributed by atoms with Crippen LogP contribution in [0.2, 0.25) is 0 Å². The van der Waals surface area contributed by atoms with E-state index < -0.39 is 11.5 Å². The van der Waals surface area contributed by atoms with Gasteiger partial charge in [0.2, 0.25) is 0 Å². The summed E-state index contributed by atoms with van der Waals surface area (Å²) in [5, 5.41) is 0. The molecule has 0 aliphatic carbocycles. The minimum absolute atomic E-state index is 0.114. The molecule has 8 heteroatoms. The molecule has 0 unspecified atom stereocenters. The molecule has 2 heterocycles. The number of ether oxygens (including phenoxy) is 1. The van der Waals surface area contributed by atoms with E-state index in [0.717, 1.165) is 16.7 Å². The largest absolute Gasteiger partial charge is 0.462 e. The summed E-state index contributed by atoms with van der Waals surface area (Å²) in [7, 11) is 1.98. The Balaban J connectivity index is 1.73. The van der Waals surface area contributed by atoms with Gasteiger partial charge in [-0.2, -0.15) is 0 Å². The first kappa shape index (κ1) is 26.9. The number of carbonyl (C=O) groups excluding carboxylic acids is 1. The summed E-state index contributed by atoms with van der Waals surface area (Å²) >= 11 is 0. The van der Waals surface area contributed by atoms with Crippen molar-refractivity contribution in [3.8, 4) is 11.1 Å². The maximum atomic E-state index is 14.7. The molecule has 2 N–H and O–H groups in total. The van der Waals surface area contributed by atoms with Crippen molar-refractivity contribution >= 4 is 17.3 Å². The molecule has 0 atom stereocenters. The van der Waals surface area contributed by atoms with Gasteiger partial charge in [0.25, 0.3) is 5.56 Å². The van der Waals surface area contributed by atoms with Crippen LogP contribution in [0.3, 0.4) is 0 Å². The van der Waals surface area contributed by atoms with Gasteiger partial charge in [0.05, 0.1) is 13.2 Å². The lowest BCUT2D eigenvalue weighted by atomic mass is 10.1. The molecule has 204 valence electrons. The van der Waals surface area contributed by atoms with Crippen LogP contribution in [-0.4, -0.2) is 33.5 Å². The zero-order valence-corrected chi connectivity index (χ0v) is 22.5. The van der Waals surface area contributed by atoms with Crippen LogP contribution in [0.1, 0.15) is 34.1 Å². The summed E-state index contributed by atoms with van der Waals surface area (Å²) < 4.78 is 23.2. The van der Waals surface area contributed by atoms with Gasteiger partial charge >= 0.3 is 5.97 Å². The first-order valence-corrected chi connectivity index (χ1v) is 13.1. The Bertz CT molecular complexity index is 1710. The predicted molar refractivity (Wildman–Crippen MR) is 155 cm³/mol. The molecule has 0 aliphatic rings. The average Bonchev–Trinajstić information content (AvgIpc) is 3.32. The van der Waals surface area contributed by atoms with E-state index in [1.165, 1.54) is 12.3 Å². The number of halogens is 1. The maximum Gasteiger partial charge on any atom is 0.345 e. The molecule has 40 heavy (non-hydrogen) atoms. The Hall–Kier alpha value is -4.69. The van der Waals surface area contributed by atoms with Gasteiger partial charge in [-0.25, -0.2) is 9.18 Å². The molecule has 3 aromatic carbocycles. The zero-order chi connectivity index (χ0) is 28.2. The number of nitrogens with two attached hydrogens (primary N) is 1.